The summed E-state index contributed by atoms with van der Waals surface area (Å²) in [4.78, 5) is 2.09. The lowest BCUT2D eigenvalue weighted by Gasteiger charge is -2.15. The number of methoxy groups -OCH3 is 1. The predicted molar refractivity (Wildman–Crippen MR) is 60.1 cm³/mol. The Morgan fingerprint density at radius 1 is 1.36 bits per heavy atom. The van der Waals surface area contributed by atoms with Gasteiger partial charge in [-0.2, -0.15) is 0 Å². The molecule has 0 fully saturated rings. The summed E-state index contributed by atoms with van der Waals surface area (Å²) in [6.45, 7) is 2.87. The molecule has 1 rings (SSSR count). The van der Waals surface area contributed by atoms with Crippen molar-refractivity contribution < 1.29 is 4.74 Å². The lowest BCUT2D eigenvalue weighted by atomic mass is 10.1. The van der Waals surface area contributed by atoms with Crippen LogP contribution in [0.5, 0.6) is 5.75 Å². The SMILES string of the molecule is COc1c(Cl)cc(C)cc1CN(C)C. The summed E-state index contributed by atoms with van der Waals surface area (Å²) < 4.78 is 5.27. The third-order valence-corrected chi connectivity index (χ3v) is 2.24. The third kappa shape index (κ3) is 2.63. The Morgan fingerprint density at radius 2 is 2.00 bits per heavy atom. The highest BCUT2D eigenvalue weighted by Gasteiger charge is 2.09. The molecule has 0 amide bonds. The molecule has 0 aromatic heterocycles. The molecule has 78 valence electrons. The Hall–Kier alpha value is -0.730. The highest BCUT2D eigenvalue weighted by Crippen LogP contribution is 2.30. The van der Waals surface area contributed by atoms with Crippen LogP contribution in [0.4, 0.5) is 0 Å². The van der Waals surface area contributed by atoms with Crippen LogP contribution in [0.25, 0.3) is 0 Å². The van der Waals surface area contributed by atoms with Gasteiger partial charge in [-0.15, -0.1) is 0 Å². The van der Waals surface area contributed by atoms with Crippen LogP contribution in [0, 0.1) is 6.92 Å². The molecule has 0 saturated carbocycles. The van der Waals surface area contributed by atoms with Crippen molar-refractivity contribution in [1.82, 2.24) is 4.90 Å². The first kappa shape index (κ1) is 11.3. The number of benzene rings is 1. The predicted octanol–water partition coefficient (Wildman–Crippen LogP) is 2.72. The van der Waals surface area contributed by atoms with Gasteiger partial charge in [0.25, 0.3) is 0 Å². The number of nitrogens with zero attached hydrogens (tertiary/aromatic N) is 1. The average molecular weight is 214 g/mol. The topological polar surface area (TPSA) is 12.5 Å². The van der Waals surface area contributed by atoms with Crippen LogP contribution in [0.1, 0.15) is 11.1 Å². The van der Waals surface area contributed by atoms with Crippen molar-refractivity contribution in [2.24, 2.45) is 0 Å². The molecule has 0 aliphatic rings. The summed E-state index contributed by atoms with van der Waals surface area (Å²) in [6.07, 6.45) is 0. The summed E-state index contributed by atoms with van der Waals surface area (Å²) in [5, 5.41) is 0.685. The first-order chi connectivity index (χ1) is 6.54. The number of aryl methyl sites for hydroxylation is 1. The van der Waals surface area contributed by atoms with Crippen LogP contribution in [-0.4, -0.2) is 26.1 Å². The van der Waals surface area contributed by atoms with E-state index in [2.05, 4.69) is 11.0 Å². The Kier molecular flexibility index (Phi) is 3.78. The monoisotopic (exact) mass is 213 g/mol. The molecule has 3 heteroatoms. The number of halogens is 1. The fourth-order valence-electron chi connectivity index (χ4n) is 1.49. The van der Waals surface area contributed by atoms with Gasteiger partial charge in [-0.25, -0.2) is 0 Å². The van der Waals surface area contributed by atoms with Gasteiger partial charge in [0.1, 0.15) is 5.75 Å². The van der Waals surface area contributed by atoms with Crippen molar-refractivity contribution in [2.75, 3.05) is 21.2 Å². The summed E-state index contributed by atoms with van der Waals surface area (Å²) in [5.41, 5.74) is 2.29. The zero-order valence-electron chi connectivity index (χ0n) is 9.10. The van der Waals surface area contributed by atoms with Gasteiger partial charge in [-0.3, -0.25) is 0 Å². The molecule has 0 bridgehead atoms. The van der Waals surface area contributed by atoms with E-state index in [1.807, 2.05) is 27.1 Å². The van der Waals surface area contributed by atoms with Gasteiger partial charge in [0.15, 0.2) is 0 Å². The molecular weight excluding hydrogens is 198 g/mol. The number of hydrogen-bond acceptors (Lipinski definition) is 2. The first-order valence-corrected chi connectivity index (χ1v) is 4.90. The minimum absolute atomic E-state index is 0.685. The molecule has 0 aliphatic heterocycles. The van der Waals surface area contributed by atoms with Gasteiger partial charge in [0, 0.05) is 12.1 Å². The maximum absolute atomic E-state index is 6.07. The lowest BCUT2D eigenvalue weighted by molar-refractivity contribution is 0.372. The fourth-order valence-corrected chi connectivity index (χ4v) is 1.86. The van der Waals surface area contributed by atoms with Crippen LogP contribution in [-0.2, 0) is 6.54 Å². The summed E-state index contributed by atoms with van der Waals surface area (Å²) in [5.74, 6) is 0.783. The molecule has 2 nitrogen and oxygen atoms in total. The van der Waals surface area contributed by atoms with Gasteiger partial charge in [-0.1, -0.05) is 17.7 Å². The largest absolute Gasteiger partial charge is 0.495 e. The Labute approximate surface area is 90.4 Å². The van der Waals surface area contributed by atoms with E-state index >= 15 is 0 Å². The Bertz CT molecular complexity index is 323. The molecule has 1 aromatic rings. The third-order valence-electron chi connectivity index (χ3n) is 1.96. The van der Waals surface area contributed by atoms with Crippen LogP contribution >= 0.6 is 11.6 Å². The molecule has 0 heterocycles. The highest BCUT2D eigenvalue weighted by atomic mass is 35.5. The molecule has 0 aliphatic carbocycles. The van der Waals surface area contributed by atoms with E-state index in [4.69, 9.17) is 16.3 Å². The van der Waals surface area contributed by atoms with E-state index in [9.17, 15) is 0 Å². The van der Waals surface area contributed by atoms with Crippen LogP contribution < -0.4 is 4.74 Å². The Morgan fingerprint density at radius 3 is 2.50 bits per heavy atom. The summed E-state index contributed by atoms with van der Waals surface area (Å²) in [7, 11) is 5.70. The average Bonchev–Trinajstić information content (AvgIpc) is 2.01. The van der Waals surface area contributed by atoms with Crippen molar-refractivity contribution in [1.29, 1.82) is 0 Å². The second-order valence-corrected chi connectivity index (χ2v) is 4.08. The molecule has 14 heavy (non-hydrogen) atoms. The van der Waals surface area contributed by atoms with E-state index in [1.54, 1.807) is 7.11 Å². The number of rotatable bonds is 3. The van der Waals surface area contributed by atoms with Gasteiger partial charge >= 0.3 is 0 Å². The smallest absolute Gasteiger partial charge is 0.141 e. The highest BCUT2D eigenvalue weighted by molar-refractivity contribution is 6.32. The quantitative estimate of drug-likeness (QED) is 0.766. The number of ether oxygens (including phenoxy) is 1. The van der Waals surface area contributed by atoms with Crippen LogP contribution in [0.3, 0.4) is 0 Å². The van der Waals surface area contributed by atoms with Crippen LogP contribution in [0.15, 0.2) is 12.1 Å². The van der Waals surface area contributed by atoms with Crippen molar-refractivity contribution in [3.63, 3.8) is 0 Å². The van der Waals surface area contributed by atoms with Crippen molar-refractivity contribution in [3.05, 3.63) is 28.3 Å². The van der Waals surface area contributed by atoms with Crippen molar-refractivity contribution in [2.45, 2.75) is 13.5 Å². The van der Waals surface area contributed by atoms with Crippen molar-refractivity contribution >= 4 is 11.6 Å². The van der Waals surface area contributed by atoms with E-state index in [-0.39, 0.29) is 0 Å². The minimum Gasteiger partial charge on any atom is -0.495 e. The van der Waals surface area contributed by atoms with Crippen LogP contribution in [0.2, 0.25) is 5.02 Å². The zero-order valence-corrected chi connectivity index (χ0v) is 9.85. The molecule has 1 aromatic carbocycles. The standard InChI is InChI=1S/C11H16ClNO/c1-8-5-9(7-13(2)3)11(14-4)10(12)6-8/h5-6H,7H2,1-4H3. The maximum Gasteiger partial charge on any atom is 0.141 e. The molecule has 0 unspecified atom stereocenters. The minimum atomic E-state index is 0.685. The maximum atomic E-state index is 6.07. The number of hydrogen-bond donors (Lipinski definition) is 0. The normalized spacial score (nSPS) is 10.7. The summed E-state index contributed by atoms with van der Waals surface area (Å²) in [6, 6.07) is 4.02. The van der Waals surface area contributed by atoms with E-state index in [0.717, 1.165) is 23.4 Å². The van der Waals surface area contributed by atoms with E-state index < -0.39 is 0 Å². The van der Waals surface area contributed by atoms with Crippen molar-refractivity contribution in [3.8, 4) is 5.75 Å². The Balaban J connectivity index is 3.11. The van der Waals surface area contributed by atoms with Gasteiger partial charge in [-0.05, 0) is 32.6 Å². The second kappa shape index (κ2) is 4.67. The second-order valence-electron chi connectivity index (χ2n) is 3.68. The lowest BCUT2D eigenvalue weighted by Crippen LogP contribution is -2.11. The van der Waals surface area contributed by atoms with Gasteiger partial charge in [0.05, 0.1) is 12.1 Å². The molecular formula is C11H16ClNO. The zero-order chi connectivity index (χ0) is 10.7. The van der Waals surface area contributed by atoms with E-state index in [0.29, 0.717) is 5.02 Å². The molecule has 0 saturated heterocycles. The van der Waals surface area contributed by atoms with Gasteiger partial charge < -0.3 is 9.64 Å². The molecule has 0 radical (unpaired) electrons. The first-order valence-electron chi connectivity index (χ1n) is 4.52. The molecule has 0 atom stereocenters. The summed E-state index contributed by atoms with van der Waals surface area (Å²) >= 11 is 6.07. The van der Waals surface area contributed by atoms with Gasteiger partial charge in [0.2, 0.25) is 0 Å². The molecule has 0 spiro atoms. The molecule has 0 N–H and O–H groups in total. The fraction of sp³-hybridized carbons (Fsp3) is 0.455. The van der Waals surface area contributed by atoms with E-state index in [1.165, 1.54) is 0 Å².